The van der Waals surface area contributed by atoms with Gasteiger partial charge in [0.1, 0.15) is 11.6 Å². The minimum absolute atomic E-state index is 0.293. The third-order valence-corrected chi connectivity index (χ3v) is 4.58. The van der Waals surface area contributed by atoms with Crippen LogP contribution in [0.25, 0.3) is 0 Å². The number of ether oxygens (including phenoxy) is 1. The molecule has 2 aromatic rings. The maximum atomic E-state index is 5.86. The van der Waals surface area contributed by atoms with Gasteiger partial charge in [-0.3, -0.25) is 0 Å². The van der Waals surface area contributed by atoms with Crippen LogP contribution in [0, 0.1) is 0 Å². The largest absolute Gasteiger partial charge is 0.493 e. The highest BCUT2D eigenvalue weighted by Crippen LogP contribution is 2.35. The van der Waals surface area contributed by atoms with Gasteiger partial charge in [0.05, 0.1) is 12.3 Å². The highest BCUT2D eigenvalue weighted by Gasteiger charge is 2.29. The first-order valence-electron chi connectivity index (χ1n) is 8.06. The molecule has 0 saturated heterocycles. The molecule has 0 unspecified atom stereocenters. The van der Waals surface area contributed by atoms with E-state index in [1.165, 1.54) is 11.1 Å². The second kappa shape index (κ2) is 5.70. The second-order valence-corrected chi connectivity index (χ2v) is 6.36. The molecular weight excluding hydrogens is 290 g/mol. The molecule has 1 fully saturated rings. The molecule has 1 aliphatic carbocycles. The van der Waals surface area contributed by atoms with Crippen LogP contribution >= 0.6 is 0 Å². The van der Waals surface area contributed by atoms with Crippen molar-refractivity contribution in [2.75, 3.05) is 17.7 Å². The van der Waals surface area contributed by atoms with Gasteiger partial charge in [-0.1, -0.05) is 12.1 Å². The number of fused-ring (bicyclic) bond motifs is 1. The van der Waals surface area contributed by atoms with Crippen LogP contribution in [-0.4, -0.2) is 22.6 Å². The summed E-state index contributed by atoms with van der Waals surface area (Å²) in [6.45, 7) is 1.48. The number of hydrogen-bond acceptors (Lipinski definition) is 6. The Morgan fingerprint density at radius 1 is 1.22 bits per heavy atom. The maximum Gasteiger partial charge on any atom is 0.222 e. The lowest BCUT2D eigenvalue weighted by Crippen LogP contribution is -2.35. The van der Waals surface area contributed by atoms with E-state index in [2.05, 4.69) is 27.4 Å². The zero-order valence-electron chi connectivity index (χ0n) is 13.0. The summed E-state index contributed by atoms with van der Waals surface area (Å²) in [7, 11) is 0. The first-order chi connectivity index (χ1) is 11.2. The highest BCUT2D eigenvalue weighted by atomic mass is 16.5. The van der Waals surface area contributed by atoms with Crippen molar-refractivity contribution >= 4 is 11.8 Å². The maximum absolute atomic E-state index is 5.86. The minimum atomic E-state index is 0.293. The number of nitrogens with two attached hydrogens (primary N) is 2. The lowest BCUT2D eigenvalue weighted by atomic mass is 9.78. The molecular formula is C17H21N5O. The molecule has 6 nitrogen and oxygen atoms in total. The van der Waals surface area contributed by atoms with Gasteiger partial charge >= 0.3 is 0 Å². The topological polar surface area (TPSA) is 99.1 Å². The van der Waals surface area contributed by atoms with E-state index in [4.69, 9.17) is 16.2 Å². The van der Waals surface area contributed by atoms with E-state index in [1.807, 2.05) is 12.1 Å². The summed E-state index contributed by atoms with van der Waals surface area (Å²) >= 11 is 0. The summed E-state index contributed by atoms with van der Waals surface area (Å²) in [4.78, 5) is 8.63. The van der Waals surface area contributed by atoms with Crippen LogP contribution < -0.4 is 21.5 Å². The van der Waals surface area contributed by atoms with Gasteiger partial charge in [0, 0.05) is 31.0 Å². The zero-order valence-corrected chi connectivity index (χ0v) is 13.0. The van der Waals surface area contributed by atoms with Crippen LogP contribution in [0.2, 0.25) is 0 Å². The number of nitrogens with one attached hydrogen (secondary N) is 1. The average Bonchev–Trinajstić information content (AvgIpc) is 2.97. The van der Waals surface area contributed by atoms with Crippen LogP contribution in [-0.2, 0) is 13.0 Å². The molecule has 1 aromatic heterocycles. The van der Waals surface area contributed by atoms with Gasteiger partial charge < -0.3 is 21.5 Å². The molecule has 2 heterocycles. The molecule has 2 aliphatic rings. The Hall–Kier alpha value is -2.34. The number of benzene rings is 1. The smallest absolute Gasteiger partial charge is 0.222 e. The van der Waals surface area contributed by atoms with Gasteiger partial charge in [0.2, 0.25) is 5.95 Å². The first-order valence-corrected chi connectivity index (χ1v) is 8.06. The van der Waals surface area contributed by atoms with E-state index in [0.29, 0.717) is 24.5 Å². The van der Waals surface area contributed by atoms with Crippen LogP contribution in [0.5, 0.6) is 5.75 Å². The fourth-order valence-electron chi connectivity index (χ4n) is 3.23. The summed E-state index contributed by atoms with van der Waals surface area (Å²) in [5, 5.41) is 3.34. The monoisotopic (exact) mass is 311 g/mol. The standard InChI is InChI=1S/C17H21N5O/c18-13-6-12(7-13)14-8-16(22-17(19)21-14)20-9-10-1-2-15-11(5-10)3-4-23-15/h1-2,5,8,12-13H,3-4,6-7,9,18H2,(H3,19,20,21,22). The molecule has 1 aliphatic heterocycles. The summed E-state index contributed by atoms with van der Waals surface area (Å²) in [6, 6.07) is 8.58. The number of hydrogen-bond donors (Lipinski definition) is 3. The summed E-state index contributed by atoms with van der Waals surface area (Å²) in [5.41, 5.74) is 15.2. The molecule has 0 atom stereocenters. The number of aromatic nitrogens is 2. The fourth-order valence-corrected chi connectivity index (χ4v) is 3.23. The van der Waals surface area contributed by atoms with Gasteiger partial charge in [-0.25, -0.2) is 4.98 Å². The van der Waals surface area contributed by atoms with Crippen molar-refractivity contribution in [3.63, 3.8) is 0 Å². The van der Waals surface area contributed by atoms with Gasteiger partial charge in [-0.15, -0.1) is 0 Å². The summed E-state index contributed by atoms with van der Waals surface area (Å²) in [5.74, 6) is 2.49. The number of nitrogen functional groups attached to an aromatic ring is 1. The molecule has 0 amide bonds. The Labute approximate surface area is 135 Å². The quantitative estimate of drug-likeness (QED) is 0.796. The number of rotatable bonds is 4. The van der Waals surface area contributed by atoms with Crippen molar-refractivity contribution in [1.82, 2.24) is 9.97 Å². The van der Waals surface area contributed by atoms with Gasteiger partial charge in [0.15, 0.2) is 0 Å². The molecule has 6 heteroatoms. The Morgan fingerprint density at radius 2 is 2.09 bits per heavy atom. The molecule has 0 bridgehead atoms. The predicted octanol–water partition coefficient (Wildman–Crippen LogP) is 1.81. The zero-order chi connectivity index (χ0) is 15.8. The molecule has 5 N–H and O–H groups in total. The molecule has 0 radical (unpaired) electrons. The SMILES string of the molecule is Nc1nc(NCc2ccc3c(c2)CCO3)cc(C2CC(N)C2)n1. The molecule has 120 valence electrons. The van der Waals surface area contributed by atoms with Crippen molar-refractivity contribution in [2.45, 2.75) is 37.8 Å². The van der Waals surface area contributed by atoms with Gasteiger partial charge in [-0.2, -0.15) is 4.98 Å². The molecule has 1 aromatic carbocycles. The van der Waals surface area contributed by atoms with Crippen LogP contribution in [0.1, 0.15) is 35.6 Å². The van der Waals surface area contributed by atoms with Crippen molar-refractivity contribution in [2.24, 2.45) is 5.73 Å². The lowest BCUT2D eigenvalue weighted by Gasteiger charge is -2.32. The van der Waals surface area contributed by atoms with Crippen LogP contribution in [0.3, 0.4) is 0 Å². The first kappa shape index (κ1) is 14.3. The third kappa shape index (κ3) is 2.94. The molecule has 4 rings (SSSR count). The summed E-state index contributed by atoms with van der Waals surface area (Å²) in [6.07, 6.45) is 2.93. The van der Waals surface area contributed by atoms with Crippen molar-refractivity contribution in [3.8, 4) is 5.75 Å². The number of anilines is 2. The fraction of sp³-hybridized carbons (Fsp3) is 0.412. The molecule has 23 heavy (non-hydrogen) atoms. The van der Waals surface area contributed by atoms with Crippen molar-refractivity contribution in [3.05, 3.63) is 41.1 Å². The highest BCUT2D eigenvalue weighted by molar-refractivity contribution is 5.44. The minimum Gasteiger partial charge on any atom is -0.493 e. The van der Waals surface area contributed by atoms with Gasteiger partial charge in [-0.05, 0) is 30.0 Å². The summed E-state index contributed by atoms with van der Waals surface area (Å²) < 4.78 is 5.53. The second-order valence-electron chi connectivity index (χ2n) is 6.36. The Bertz CT molecular complexity index is 727. The van der Waals surface area contributed by atoms with Crippen molar-refractivity contribution in [1.29, 1.82) is 0 Å². The van der Waals surface area contributed by atoms with E-state index in [1.54, 1.807) is 0 Å². The van der Waals surface area contributed by atoms with Gasteiger partial charge in [0.25, 0.3) is 0 Å². The van der Waals surface area contributed by atoms with E-state index < -0.39 is 0 Å². The van der Waals surface area contributed by atoms with Crippen LogP contribution in [0.15, 0.2) is 24.3 Å². The van der Waals surface area contributed by atoms with E-state index >= 15 is 0 Å². The Morgan fingerprint density at radius 3 is 2.91 bits per heavy atom. The predicted molar refractivity (Wildman–Crippen MR) is 89.4 cm³/mol. The van der Waals surface area contributed by atoms with E-state index in [0.717, 1.165) is 43.1 Å². The van der Waals surface area contributed by atoms with Crippen molar-refractivity contribution < 1.29 is 4.74 Å². The normalized spacial score (nSPS) is 22.1. The Kier molecular flexibility index (Phi) is 3.53. The van der Waals surface area contributed by atoms with E-state index in [-0.39, 0.29) is 0 Å². The Balaban J connectivity index is 1.46. The lowest BCUT2D eigenvalue weighted by molar-refractivity contribution is 0.345. The molecule has 0 spiro atoms. The third-order valence-electron chi connectivity index (χ3n) is 4.58. The van der Waals surface area contributed by atoms with E-state index in [9.17, 15) is 0 Å². The van der Waals surface area contributed by atoms with Crippen LogP contribution in [0.4, 0.5) is 11.8 Å². The molecule has 1 saturated carbocycles. The number of nitrogens with zero attached hydrogens (tertiary/aromatic N) is 2. The average molecular weight is 311 g/mol.